The third-order valence-electron chi connectivity index (χ3n) is 2.54. The van der Waals surface area contributed by atoms with Gasteiger partial charge in [-0.3, -0.25) is 4.79 Å². The maximum absolute atomic E-state index is 11.7. The van der Waals surface area contributed by atoms with Crippen LogP contribution in [0.2, 0.25) is 0 Å². The monoisotopic (exact) mass is 237 g/mol. The number of hydrogen-bond donors (Lipinski definition) is 2. The molecule has 0 heterocycles. The van der Waals surface area contributed by atoms with Crippen LogP contribution in [0.15, 0.2) is 18.2 Å². The number of nitrogen functional groups attached to an aromatic ring is 1. The average molecular weight is 237 g/mol. The number of rotatable bonds is 5. The molecule has 0 atom stereocenters. The van der Waals surface area contributed by atoms with Gasteiger partial charge in [0, 0.05) is 33.4 Å². The molecule has 0 aliphatic heterocycles. The van der Waals surface area contributed by atoms with Gasteiger partial charge in [0.05, 0.1) is 17.9 Å². The van der Waals surface area contributed by atoms with E-state index < -0.39 is 0 Å². The second kappa shape index (κ2) is 6.10. The van der Waals surface area contributed by atoms with Gasteiger partial charge in [-0.25, -0.2) is 0 Å². The van der Waals surface area contributed by atoms with Crippen LogP contribution in [0.25, 0.3) is 0 Å². The highest BCUT2D eigenvalue weighted by atomic mass is 16.5. The van der Waals surface area contributed by atoms with Crippen LogP contribution >= 0.6 is 0 Å². The van der Waals surface area contributed by atoms with Gasteiger partial charge in [-0.1, -0.05) is 0 Å². The summed E-state index contributed by atoms with van der Waals surface area (Å²) in [5.74, 6) is -0.121. The topological polar surface area (TPSA) is 67.6 Å². The zero-order chi connectivity index (χ0) is 12.8. The molecule has 1 rings (SSSR count). The number of amides is 1. The Morgan fingerprint density at radius 1 is 1.53 bits per heavy atom. The molecule has 3 N–H and O–H groups in total. The molecule has 0 unspecified atom stereocenters. The number of carbonyl (C=O) groups is 1. The number of carbonyl (C=O) groups excluding carboxylic acids is 1. The minimum atomic E-state index is -0.121. The first-order valence-electron chi connectivity index (χ1n) is 5.41. The Morgan fingerprint density at radius 3 is 2.82 bits per heavy atom. The zero-order valence-corrected chi connectivity index (χ0v) is 10.5. The van der Waals surface area contributed by atoms with Crippen LogP contribution in [-0.2, 0) is 4.74 Å². The Kier molecular flexibility index (Phi) is 4.78. The molecule has 0 bridgehead atoms. The molecule has 17 heavy (non-hydrogen) atoms. The minimum Gasteiger partial charge on any atom is -0.399 e. The average Bonchev–Trinajstić information content (AvgIpc) is 2.34. The summed E-state index contributed by atoms with van der Waals surface area (Å²) in [6.45, 7) is 1.29. The van der Waals surface area contributed by atoms with E-state index in [1.807, 2.05) is 11.9 Å². The molecule has 94 valence electrons. The second-order valence-electron chi connectivity index (χ2n) is 3.77. The van der Waals surface area contributed by atoms with E-state index in [4.69, 9.17) is 10.5 Å². The lowest BCUT2D eigenvalue weighted by Gasteiger charge is -2.22. The molecule has 1 aromatic rings. The van der Waals surface area contributed by atoms with Crippen molar-refractivity contribution in [1.29, 1.82) is 0 Å². The Labute approximate surface area is 102 Å². The summed E-state index contributed by atoms with van der Waals surface area (Å²) < 4.78 is 5.02. The normalized spacial score (nSPS) is 10.1. The van der Waals surface area contributed by atoms with Gasteiger partial charge in [0.1, 0.15) is 0 Å². The van der Waals surface area contributed by atoms with Crippen molar-refractivity contribution in [2.24, 2.45) is 0 Å². The number of nitrogens with one attached hydrogen (secondary N) is 1. The zero-order valence-electron chi connectivity index (χ0n) is 10.5. The number of anilines is 2. The van der Waals surface area contributed by atoms with E-state index in [0.717, 1.165) is 5.69 Å². The number of ether oxygens (including phenoxy) is 1. The summed E-state index contributed by atoms with van der Waals surface area (Å²) in [6.07, 6.45) is 0. The van der Waals surface area contributed by atoms with Crippen molar-refractivity contribution in [3.8, 4) is 0 Å². The number of benzene rings is 1. The van der Waals surface area contributed by atoms with Crippen molar-refractivity contribution in [2.45, 2.75) is 0 Å². The van der Waals surface area contributed by atoms with Crippen LogP contribution in [0.5, 0.6) is 0 Å². The summed E-state index contributed by atoms with van der Waals surface area (Å²) >= 11 is 0. The molecule has 5 nitrogen and oxygen atoms in total. The van der Waals surface area contributed by atoms with E-state index in [0.29, 0.717) is 24.4 Å². The molecule has 0 aromatic heterocycles. The minimum absolute atomic E-state index is 0.121. The Balaban J connectivity index is 3.01. The van der Waals surface area contributed by atoms with Crippen molar-refractivity contribution < 1.29 is 9.53 Å². The fourth-order valence-corrected chi connectivity index (χ4v) is 1.54. The highest BCUT2D eigenvalue weighted by Crippen LogP contribution is 2.22. The Hall–Kier alpha value is -1.75. The lowest BCUT2D eigenvalue weighted by Crippen LogP contribution is -2.27. The standard InChI is InChI=1S/C12H19N3O2/c1-14-12(16)10-5-4-9(13)8-11(10)15(2)6-7-17-3/h4-5,8H,6-7,13H2,1-3H3,(H,14,16). The molecule has 0 aliphatic carbocycles. The Bertz CT molecular complexity index is 393. The first-order chi connectivity index (χ1) is 8.10. The van der Waals surface area contributed by atoms with Gasteiger partial charge < -0.3 is 20.7 Å². The summed E-state index contributed by atoms with van der Waals surface area (Å²) in [4.78, 5) is 13.7. The van der Waals surface area contributed by atoms with Gasteiger partial charge in [-0.15, -0.1) is 0 Å². The van der Waals surface area contributed by atoms with Gasteiger partial charge in [0.15, 0.2) is 0 Å². The van der Waals surface area contributed by atoms with Crippen molar-refractivity contribution in [3.05, 3.63) is 23.8 Å². The van der Waals surface area contributed by atoms with Gasteiger partial charge in [-0.05, 0) is 18.2 Å². The largest absolute Gasteiger partial charge is 0.399 e. The van der Waals surface area contributed by atoms with E-state index in [1.54, 1.807) is 32.4 Å². The van der Waals surface area contributed by atoms with Gasteiger partial charge >= 0.3 is 0 Å². The number of hydrogen-bond acceptors (Lipinski definition) is 4. The number of likely N-dealkylation sites (N-methyl/N-ethyl adjacent to an activating group) is 1. The van der Waals surface area contributed by atoms with Crippen LogP contribution in [0.4, 0.5) is 11.4 Å². The molecule has 0 aliphatic rings. The van der Waals surface area contributed by atoms with Gasteiger partial charge in [-0.2, -0.15) is 0 Å². The van der Waals surface area contributed by atoms with E-state index in [9.17, 15) is 4.79 Å². The molecule has 0 saturated heterocycles. The molecular formula is C12H19N3O2. The summed E-state index contributed by atoms with van der Waals surface area (Å²) in [7, 11) is 5.16. The van der Waals surface area contributed by atoms with Crippen LogP contribution < -0.4 is 16.0 Å². The van der Waals surface area contributed by atoms with E-state index in [-0.39, 0.29) is 5.91 Å². The predicted octanol–water partition coefficient (Wildman–Crippen LogP) is 0.711. The van der Waals surface area contributed by atoms with Crippen LogP contribution in [0, 0.1) is 0 Å². The van der Waals surface area contributed by atoms with E-state index in [2.05, 4.69) is 5.32 Å². The SMILES string of the molecule is CNC(=O)c1ccc(N)cc1N(C)CCOC. The summed E-state index contributed by atoms with van der Waals surface area (Å²) in [5.41, 5.74) is 7.80. The summed E-state index contributed by atoms with van der Waals surface area (Å²) in [6, 6.07) is 5.24. The fraction of sp³-hybridized carbons (Fsp3) is 0.417. The van der Waals surface area contributed by atoms with Crippen LogP contribution in [0.1, 0.15) is 10.4 Å². The van der Waals surface area contributed by atoms with Crippen molar-refractivity contribution in [3.63, 3.8) is 0 Å². The molecule has 0 saturated carbocycles. The third kappa shape index (κ3) is 3.35. The van der Waals surface area contributed by atoms with Crippen LogP contribution in [0.3, 0.4) is 0 Å². The molecule has 0 spiro atoms. The van der Waals surface area contributed by atoms with Crippen LogP contribution in [-0.4, -0.2) is 40.3 Å². The molecule has 0 radical (unpaired) electrons. The lowest BCUT2D eigenvalue weighted by atomic mass is 10.1. The molecule has 1 aromatic carbocycles. The highest BCUT2D eigenvalue weighted by Gasteiger charge is 2.13. The molecule has 0 fully saturated rings. The molecule has 5 heteroatoms. The fourth-order valence-electron chi connectivity index (χ4n) is 1.54. The number of nitrogens with two attached hydrogens (primary N) is 1. The lowest BCUT2D eigenvalue weighted by molar-refractivity contribution is 0.0963. The maximum Gasteiger partial charge on any atom is 0.253 e. The Morgan fingerprint density at radius 2 is 2.24 bits per heavy atom. The van der Waals surface area contributed by atoms with Crippen molar-refractivity contribution in [1.82, 2.24) is 5.32 Å². The summed E-state index contributed by atoms with van der Waals surface area (Å²) in [5, 5.41) is 2.61. The second-order valence-corrected chi connectivity index (χ2v) is 3.77. The highest BCUT2D eigenvalue weighted by molar-refractivity contribution is 6.00. The number of methoxy groups -OCH3 is 1. The smallest absolute Gasteiger partial charge is 0.253 e. The molecule has 1 amide bonds. The number of nitrogens with zero attached hydrogens (tertiary/aromatic N) is 1. The maximum atomic E-state index is 11.7. The first kappa shape index (κ1) is 13.3. The van der Waals surface area contributed by atoms with Crippen molar-refractivity contribution >= 4 is 17.3 Å². The van der Waals surface area contributed by atoms with E-state index >= 15 is 0 Å². The van der Waals surface area contributed by atoms with E-state index in [1.165, 1.54) is 0 Å². The van der Waals surface area contributed by atoms with Gasteiger partial charge in [0.2, 0.25) is 0 Å². The quantitative estimate of drug-likeness (QED) is 0.740. The van der Waals surface area contributed by atoms with Crippen molar-refractivity contribution in [2.75, 3.05) is 45.0 Å². The predicted molar refractivity (Wildman–Crippen MR) is 69.4 cm³/mol. The molecular weight excluding hydrogens is 218 g/mol. The third-order valence-corrected chi connectivity index (χ3v) is 2.54. The van der Waals surface area contributed by atoms with Gasteiger partial charge in [0.25, 0.3) is 5.91 Å². The first-order valence-corrected chi connectivity index (χ1v) is 5.41.